The van der Waals surface area contributed by atoms with Crippen LogP contribution in [0.1, 0.15) is 33.1 Å². The Morgan fingerprint density at radius 1 is 1.32 bits per heavy atom. The molecule has 3 aromatic rings. The number of benzene rings is 1. The number of rotatable bonds is 5. The monoisotopic (exact) mass is 441 g/mol. The second-order valence-electron chi connectivity index (χ2n) is 7.61. The highest BCUT2D eigenvalue weighted by atomic mass is 32.2. The smallest absolute Gasteiger partial charge is 0.261 e. The number of aromatic nitrogens is 3. The molecule has 1 saturated heterocycles. The van der Waals surface area contributed by atoms with Crippen molar-refractivity contribution in [1.29, 1.82) is 5.26 Å². The predicted molar refractivity (Wildman–Crippen MR) is 122 cm³/mol. The van der Waals surface area contributed by atoms with E-state index in [0.29, 0.717) is 29.1 Å². The minimum Gasteiger partial charge on any atom is -0.381 e. The number of aromatic amines is 2. The molecular formula is C22H27N5O3S. The van der Waals surface area contributed by atoms with Crippen LogP contribution in [-0.4, -0.2) is 37.9 Å². The molecule has 1 aliphatic heterocycles. The van der Waals surface area contributed by atoms with Crippen molar-refractivity contribution in [3.8, 4) is 6.07 Å². The van der Waals surface area contributed by atoms with Crippen molar-refractivity contribution in [2.24, 2.45) is 5.92 Å². The van der Waals surface area contributed by atoms with E-state index in [2.05, 4.69) is 26.6 Å². The molecule has 31 heavy (non-hydrogen) atoms. The van der Waals surface area contributed by atoms with Crippen LogP contribution in [0.25, 0.3) is 10.9 Å². The van der Waals surface area contributed by atoms with Gasteiger partial charge < -0.3 is 15.0 Å². The van der Waals surface area contributed by atoms with Gasteiger partial charge in [-0.1, -0.05) is 13.8 Å². The van der Waals surface area contributed by atoms with Gasteiger partial charge in [0.05, 0.1) is 29.0 Å². The summed E-state index contributed by atoms with van der Waals surface area (Å²) >= 11 is 0. The normalized spacial score (nSPS) is 16.9. The highest BCUT2D eigenvalue weighted by Gasteiger charge is 2.12. The molecule has 3 N–H and O–H groups in total. The van der Waals surface area contributed by atoms with Gasteiger partial charge >= 0.3 is 0 Å². The van der Waals surface area contributed by atoms with E-state index in [1.165, 1.54) is 6.42 Å². The van der Waals surface area contributed by atoms with Crippen molar-refractivity contribution in [3.05, 3.63) is 46.9 Å². The van der Waals surface area contributed by atoms with Crippen LogP contribution in [0.4, 0.5) is 11.5 Å². The van der Waals surface area contributed by atoms with E-state index in [9.17, 15) is 9.00 Å². The van der Waals surface area contributed by atoms with Gasteiger partial charge in [0.1, 0.15) is 5.39 Å². The Morgan fingerprint density at radius 3 is 2.74 bits per heavy atom. The molecule has 1 aromatic carbocycles. The zero-order chi connectivity index (χ0) is 22.2. The van der Waals surface area contributed by atoms with E-state index in [-0.39, 0.29) is 10.8 Å². The fraction of sp³-hybridized carbons (Fsp3) is 0.409. The van der Waals surface area contributed by atoms with Gasteiger partial charge in [0.2, 0.25) is 0 Å². The molecule has 0 aliphatic carbocycles. The second-order valence-corrected chi connectivity index (χ2v) is 9.62. The summed E-state index contributed by atoms with van der Waals surface area (Å²) in [6, 6.07) is 11.2. The first-order chi connectivity index (χ1) is 15.0. The molecule has 0 saturated carbocycles. The largest absolute Gasteiger partial charge is 0.381 e. The highest BCUT2D eigenvalue weighted by molar-refractivity contribution is 7.85. The molecular weight excluding hydrogens is 414 g/mol. The fourth-order valence-corrected chi connectivity index (χ4v) is 4.20. The molecule has 1 aliphatic rings. The fourth-order valence-electron chi connectivity index (χ4n) is 3.25. The number of ether oxygens (including phenoxy) is 1. The third kappa shape index (κ3) is 6.03. The van der Waals surface area contributed by atoms with Gasteiger partial charge in [-0.05, 0) is 49.1 Å². The summed E-state index contributed by atoms with van der Waals surface area (Å²) in [5, 5.41) is 18.9. The van der Waals surface area contributed by atoms with Crippen molar-refractivity contribution in [2.75, 3.05) is 18.5 Å². The topological polar surface area (TPSA) is 124 Å². The zero-order valence-electron chi connectivity index (χ0n) is 17.7. The molecule has 4 rings (SSSR count). The standard InChI is InChI=1S/C15H16N4O2S.C7H11NO/c1-9(2)22(21)11-5-3-10(4-6-11)17-14-13-12(18-19-14)7-8-16-15(13)20;8-4-3-7-2-1-5-9-6-7/h3-9H,1-2H3,(H,16,20)(H2,17,18,19);7H,1-3,5-6H2. The second kappa shape index (κ2) is 10.9. The molecule has 1 fully saturated rings. The lowest BCUT2D eigenvalue weighted by molar-refractivity contribution is 0.0566. The van der Waals surface area contributed by atoms with Gasteiger partial charge in [-0.2, -0.15) is 10.4 Å². The SMILES string of the molecule is CC(C)S(=O)c1ccc(Nc2n[nH]c3cc[nH]c(=O)c23)cc1.N#CCC1CCCOC1. The molecule has 2 aromatic heterocycles. The molecule has 2 unspecified atom stereocenters. The number of nitrogens with one attached hydrogen (secondary N) is 3. The van der Waals surface area contributed by atoms with Crippen LogP contribution in [-0.2, 0) is 15.5 Å². The van der Waals surface area contributed by atoms with Gasteiger partial charge in [0.15, 0.2) is 5.82 Å². The van der Waals surface area contributed by atoms with Gasteiger partial charge in [-0.25, -0.2) is 0 Å². The van der Waals surface area contributed by atoms with Crippen LogP contribution in [0.5, 0.6) is 0 Å². The molecule has 2 atom stereocenters. The molecule has 3 heterocycles. The van der Waals surface area contributed by atoms with Gasteiger partial charge in [0, 0.05) is 35.1 Å². The maximum Gasteiger partial charge on any atom is 0.261 e. The molecule has 164 valence electrons. The lowest BCUT2D eigenvalue weighted by Gasteiger charge is -2.18. The molecule has 0 radical (unpaired) electrons. The summed E-state index contributed by atoms with van der Waals surface area (Å²) in [7, 11) is -1.01. The third-order valence-electron chi connectivity index (χ3n) is 4.90. The molecule has 0 spiro atoms. The van der Waals surface area contributed by atoms with Crippen molar-refractivity contribution >= 4 is 33.2 Å². The lowest BCUT2D eigenvalue weighted by atomic mass is 10.00. The Balaban J connectivity index is 0.000000254. The minimum atomic E-state index is -1.01. The summed E-state index contributed by atoms with van der Waals surface area (Å²) in [5.41, 5.74) is 1.25. The Morgan fingerprint density at radius 2 is 2.10 bits per heavy atom. The molecule has 8 nitrogen and oxygen atoms in total. The van der Waals surface area contributed by atoms with Gasteiger partial charge in [-0.15, -0.1) is 0 Å². The maximum atomic E-state index is 12.0. The van der Waals surface area contributed by atoms with E-state index in [0.717, 1.165) is 30.2 Å². The first-order valence-corrected chi connectivity index (χ1v) is 11.5. The van der Waals surface area contributed by atoms with Crippen LogP contribution < -0.4 is 10.9 Å². The predicted octanol–water partition coefficient (Wildman–Crippen LogP) is 3.84. The molecule has 0 bridgehead atoms. The summed E-state index contributed by atoms with van der Waals surface area (Å²) in [5.74, 6) is 0.985. The van der Waals surface area contributed by atoms with Crippen molar-refractivity contribution in [2.45, 2.75) is 43.3 Å². The van der Waals surface area contributed by atoms with Crippen molar-refractivity contribution in [1.82, 2.24) is 15.2 Å². The average molecular weight is 442 g/mol. The van der Waals surface area contributed by atoms with Crippen LogP contribution in [0.3, 0.4) is 0 Å². The lowest BCUT2D eigenvalue weighted by Crippen LogP contribution is -2.16. The maximum absolute atomic E-state index is 12.0. The minimum absolute atomic E-state index is 0.0765. The van der Waals surface area contributed by atoms with Crippen molar-refractivity contribution < 1.29 is 8.95 Å². The van der Waals surface area contributed by atoms with Crippen molar-refractivity contribution in [3.63, 3.8) is 0 Å². The Bertz CT molecular complexity index is 1110. The number of H-pyrrole nitrogens is 2. The third-order valence-corrected chi connectivity index (χ3v) is 6.49. The van der Waals surface area contributed by atoms with E-state index in [1.807, 2.05) is 38.1 Å². The molecule has 0 amide bonds. The van der Waals surface area contributed by atoms with E-state index in [4.69, 9.17) is 10.00 Å². The Labute approximate surface area is 183 Å². The number of nitrogens with zero attached hydrogens (tertiary/aromatic N) is 2. The number of nitriles is 1. The van der Waals surface area contributed by atoms with Crippen LogP contribution in [0.15, 0.2) is 46.2 Å². The number of anilines is 2. The molecule has 9 heteroatoms. The van der Waals surface area contributed by atoms with Gasteiger partial charge in [-0.3, -0.25) is 14.1 Å². The summed E-state index contributed by atoms with van der Waals surface area (Å²) < 4.78 is 17.2. The number of hydrogen-bond acceptors (Lipinski definition) is 6. The summed E-state index contributed by atoms with van der Waals surface area (Å²) in [6.45, 7) is 5.53. The van der Waals surface area contributed by atoms with Gasteiger partial charge in [0.25, 0.3) is 5.56 Å². The van der Waals surface area contributed by atoms with E-state index >= 15 is 0 Å². The zero-order valence-corrected chi connectivity index (χ0v) is 18.5. The number of fused-ring (bicyclic) bond motifs is 1. The number of hydrogen-bond donors (Lipinski definition) is 3. The van der Waals surface area contributed by atoms with Crippen LogP contribution >= 0.6 is 0 Å². The highest BCUT2D eigenvalue weighted by Crippen LogP contribution is 2.22. The Hall–Kier alpha value is -2.96. The summed E-state index contributed by atoms with van der Waals surface area (Å²) in [4.78, 5) is 15.3. The van der Waals surface area contributed by atoms with E-state index < -0.39 is 10.8 Å². The van der Waals surface area contributed by atoms with Crippen LogP contribution in [0, 0.1) is 17.2 Å². The number of pyridine rings is 1. The first kappa shape index (κ1) is 22.7. The quantitative estimate of drug-likeness (QED) is 0.553. The average Bonchev–Trinajstić information content (AvgIpc) is 3.19. The Kier molecular flexibility index (Phi) is 7.98. The first-order valence-electron chi connectivity index (χ1n) is 10.3. The van der Waals surface area contributed by atoms with Crippen LogP contribution in [0.2, 0.25) is 0 Å². The van der Waals surface area contributed by atoms with E-state index in [1.54, 1.807) is 12.3 Å². The summed E-state index contributed by atoms with van der Waals surface area (Å²) in [6.07, 6.45) is 4.54.